The third-order valence-corrected chi connectivity index (χ3v) is 3.09. The van der Waals surface area contributed by atoms with E-state index in [-0.39, 0.29) is 5.60 Å². The summed E-state index contributed by atoms with van der Waals surface area (Å²) < 4.78 is 5.48. The highest BCUT2D eigenvalue weighted by Gasteiger charge is 2.34. The molecule has 0 spiro atoms. The summed E-state index contributed by atoms with van der Waals surface area (Å²) in [5, 5.41) is 0. The van der Waals surface area contributed by atoms with Crippen LogP contribution in [0.2, 0.25) is 0 Å². The second kappa shape index (κ2) is 7.60. The molecule has 0 atom stereocenters. The summed E-state index contributed by atoms with van der Waals surface area (Å²) in [4.78, 5) is 18.3. The minimum atomic E-state index is -2.26. The van der Waals surface area contributed by atoms with Gasteiger partial charge in [0, 0.05) is 0 Å². The van der Waals surface area contributed by atoms with E-state index < -0.39 is 8.60 Å². The highest BCUT2D eigenvalue weighted by molar-refractivity contribution is 7.39. The van der Waals surface area contributed by atoms with Crippen LogP contribution in [0.4, 0.5) is 0 Å². The van der Waals surface area contributed by atoms with E-state index in [4.69, 9.17) is 14.3 Å². The van der Waals surface area contributed by atoms with Gasteiger partial charge >= 0.3 is 8.60 Å². The molecule has 4 heteroatoms. The van der Waals surface area contributed by atoms with Crippen molar-refractivity contribution in [2.75, 3.05) is 0 Å². The van der Waals surface area contributed by atoms with Crippen LogP contribution in [-0.4, -0.2) is 15.4 Å². The van der Waals surface area contributed by atoms with Crippen molar-refractivity contribution < 1.29 is 14.3 Å². The minimum absolute atomic E-state index is 0.355. The SMILES string of the molecule is CCCC(CC(C)C)(CC(C)C)OP(O)O. The van der Waals surface area contributed by atoms with Crippen LogP contribution < -0.4 is 0 Å². The van der Waals surface area contributed by atoms with Crippen molar-refractivity contribution in [2.45, 2.75) is 65.9 Å². The first kappa shape index (κ1) is 16.3. The van der Waals surface area contributed by atoms with Gasteiger partial charge in [-0.15, -0.1) is 0 Å². The molecule has 0 rings (SSSR count). The highest BCUT2D eigenvalue weighted by Crippen LogP contribution is 2.42. The summed E-state index contributed by atoms with van der Waals surface area (Å²) in [5.74, 6) is 1.00. The molecule has 0 aliphatic heterocycles. The second-order valence-electron chi connectivity index (χ2n) is 5.47. The Bertz CT molecular complexity index is 155. The van der Waals surface area contributed by atoms with Gasteiger partial charge in [0.15, 0.2) is 0 Å². The largest absolute Gasteiger partial charge is 0.328 e. The molecule has 0 unspecified atom stereocenters. The molecule has 0 aliphatic carbocycles. The molecular formula is C12H27O3P. The predicted molar refractivity (Wildman–Crippen MR) is 69.0 cm³/mol. The predicted octanol–water partition coefficient (Wildman–Crippen LogP) is 3.85. The number of hydrogen-bond acceptors (Lipinski definition) is 3. The molecule has 0 heterocycles. The zero-order valence-electron chi connectivity index (χ0n) is 11.2. The van der Waals surface area contributed by atoms with E-state index in [0.29, 0.717) is 11.8 Å². The van der Waals surface area contributed by atoms with Gasteiger partial charge in [0.1, 0.15) is 0 Å². The molecule has 0 radical (unpaired) electrons. The smallest absolute Gasteiger partial charge is 0.327 e. The van der Waals surface area contributed by atoms with Crippen LogP contribution in [0, 0.1) is 11.8 Å². The van der Waals surface area contributed by atoms with Crippen LogP contribution in [0.5, 0.6) is 0 Å². The van der Waals surface area contributed by atoms with Crippen LogP contribution in [0.25, 0.3) is 0 Å². The summed E-state index contributed by atoms with van der Waals surface area (Å²) in [6.07, 6.45) is 3.67. The van der Waals surface area contributed by atoms with Crippen molar-refractivity contribution in [3.05, 3.63) is 0 Å². The fourth-order valence-electron chi connectivity index (χ4n) is 2.52. The van der Waals surface area contributed by atoms with Gasteiger partial charge in [-0.25, -0.2) is 0 Å². The number of rotatable bonds is 8. The molecular weight excluding hydrogens is 223 g/mol. The lowest BCUT2D eigenvalue weighted by Gasteiger charge is -2.36. The Hall–Kier alpha value is 0.310. The van der Waals surface area contributed by atoms with Gasteiger partial charge in [-0.3, -0.25) is 0 Å². The van der Waals surface area contributed by atoms with E-state index in [1.165, 1.54) is 0 Å². The molecule has 0 saturated carbocycles. The molecule has 0 fully saturated rings. The van der Waals surface area contributed by atoms with E-state index in [2.05, 4.69) is 34.6 Å². The Morgan fingerprint density at radius 3 is 1.75 bits per heavy atom. The zero-order chi connectivity index (χ0) is 12.8. The molecule has 98 valence electrons. The summed E-state index contributed by atoms with van der Waals surface area (Å²) in [6, 6.07) is 0. The molecule has 0 aromatic heterocycles. The number of hydrogen-bond donors (Lipinski definition) is 2. The van der Waals surface area contributed by atoms with Gasteiger partial charge in [-0.2, -0.15) is 0 Å². The van der Waals surface area contributed by atoms with Crippen molar-refractivity contribution in [3.63, 3.8) is 0 Å². The third kappa shape index (κ3) is 6.80. The average molecular weight is 250 g/mol. The first-order valence-electron chi connectivity index (χ1n) is 6.18. The molecule has 0 aliphatic rings. The van der Waals surface area contributed by atoms with Gasteiger partial charge in [0.05, 0.1) is 5.60 Å². The Morgan fingerprint density at radius 2 is 1.50 bits per heavy atom. The molecule has 0 bridgehead atoms. The standard InChI is InChI=1S/C12H27O3P/c1-6-7-12(8-10(2)3,9-11(4)5)15-16(13)14/h10-11,13-14H,6-9H2,1-5H3. The lowest BCUT2D eigenvalue weighted by atomic mass is 9.82. The Morgan fingerprint density at radius 1 is 1.06 bits per heavy atom. The van der Waals surface area contributed by atoms with E-state index in [0.717, 1.165) is 25.7 Å². The molecule has 16 heavy (non-hydrogen) atoms. The Kier molecular flexibility index (Phi) is 7.75. The van der Waals surface area contributed by atoms with Crippen molar-refractivity contribution >= 4 is 8.60 Å². The molecule has 3 nitrogen and oxygen atoms in total. The van der Waals surface area contributed by atoms with Gasteiger partial charge in [0.2, 0.25) is 0 Å². The average Bonchev–Trinajstić information content (AvgIpc) is 1.98. The fourth-order valence-corrected chi connectivity index (χ4v) is 3.11. The second-order valence-corrected chi connectivity index (χ2v) is 6.16. The maximum Gasteiger partial charge on any atom is 0.327 e. The van der Waals surface area contributed by atoms with Gasteiger partial charge in [-0.05, 0) is 31.1 Å². The van der Waals surface area contributed by atoms with E-state index >= 15 is 0 Å². The summed E-state index contributed by atoms with van der Waals surface area (Å²) in [6.45, 7) is 10.7. The van der Waals surface area contributed by atoms with Gasteiger partial charge in [0.25, 0.3) is 0 Å². The van der Waals surface area contributed by atoms with Crippen LogP contribution >= 0.6 is 8.60 Å². The summed E-state index contributed by atoms with van der Waals surface area (Å²) in [5.41, 5.74) is -0.355. The topological polar surface area (TPSA) is 49.7 Å². The third-order valence-electron chi connectivity index (χ3n) is 2.54. The van der Waals surface area contributed by atoms with Crippen LogP contribution in [-0.2, 0) is 4.52 Å². The minimum Gasteiger partial charge on any atom is -0.328 e. The van der Waals surface area contributed by atoms with E-state index in [1.807, 2.05) is 0 Å². The maximum atomic E-state index is 9.14. The highest BCUT2D eigenvalue weighted by atomic mass is 31.2. The molecule has 0 aromatic rings. The molecule has 0 aromatic carbocycles. The van der Waals surface area contributed by atoms with Crippen molar-refractivity contribution in [2.24, 2.45) is 11.8 Å². The summed E-state index contributed by atoms with van der Waals surface area (Å²) in [7, 11) is -2.26. The zero-order valence-corrected chi connectivity index (χ0v) is 12.1. The van der Waals surface area contributed by atoms with Crippen LogP contribution in [0.3, 0.4) is 0 Å². The summed E-state index contributed by atoms with van der Waals surface area (Å²) >= 11 is 0. The molecule has 0 amide bonds. The van der Waals surface area contributed by atoms with Crippen LogP contribution in [0.15, 0.2) is 0 Å². The first-order valence-corrected chi connectivity index (χ1v) is 7.35. The van der Waals surface area contributed by atoms with Crippen molar-refractivity contribution in [1.29, 1.82) is 0 Å². The molecule has 2 N–H and O–H groups in total. The Labute approximate surface area is 101 Å². The Balaban J connectivity index is 4.72. The quantitative estimate of drug-likeness (QED) is 0.643. The van der Waals surface area contributed by atoms with Crippen molar-refractivity contribution in [3.8, 4) is 0 Å². The van der Waals surface area contributed by atoms with Gasteiger partial charge < -0.3 is 14.3 Å². The van der Waals surface area contributed by atoms with Crippen LogP contribution in [0.1, 0.15) is 60.3 Å². The lowest BCUT2D eigenvalue weighted by molar-refractivity contribution is 0.00737. The van der Waals surface area contributed by atoms with E-state index in [9.17, 15) is 0 Å². The monoisotopic (exact) mass is 250 g/mol. The van der Waals surface area contributed by atoms with E-state index in [1.54, 1.807) is 0 Å². The first-order chi connectivity index (χ1) is 7.31. The fraction of sp³-hybridized carbons (Fsp3) is 1.00. The maximum absolute atomic E-state index is 9.14. The van der Waals surface area contributed by atoms with Crippen molar-refractivity contribution in [1.82, 2.24) is 0 Å². The normalized spacial score (nSPS) is 13.1. The molecule has 0 saturated heterocycles. The van der Waals surface area contributed by atoms with Gasteiger partial charge in [-0.1, -0.05) is 41.0 Å². The lowest BCUT2D eigenvalue weighted by Crippen LogP contribution is -2.34.